The molecule has 0 spiro atoms. The lowest BCUT2D eigenvalue weighted by Gasteiger charge is -2.47. The largest absolute Gasteiger partial charge is 0.308 e. The third-order valence-corrected chi connectivity index (χ3v) is 5.16. The molecule has 1 aliphatic carbocycles. The Labute approximate surface area is 128 Å². The highest BCUT2D eigenvalue weighted by molar-refractivity contribution is 5.05. The van der Waals surface area contributed by atoms with Gasteiger partial charge < -0.3 is 5.32 Å². The van der Waals surface area contributed by atoms with Crippen LogP contribution in [0.5, 0.6) is 0 Å². The van der Waals surface area contributed by atoms with E-state index in [0.717, 1.165) is 37.3 Å². The lowest BCUT2D eigenvalue weighted by Crippen LogP contribution is -2.63. The number of aromatic nitrogens is 3. The van der Waals surface area contributed by atoms with Crippen LogP contribution in [0.2, 0.25) is 0 Å². The van der Waals surface area contributed by atoms with E-state index < -0.39 is 0 Å². The van der Waals surface area contributed by atoms with E-state index in [2.05, 4.69) is 41.1 Å². The molecule has 2 fully saturated rings. The number of nitrogens with zero attached hydrogens (tertiary/aromatic N) is 4. The van der Waals surface area contributed by atoms with Gasteiger partial charge in [0.05, 0.1) is 6.54 Å². The Hall–Kier alpha value is -0.940. The van der Waals surface area contributed by atoms with Gasteiger partial charge in [-0.05, 0) is 38.0 Å². The minimum absolute atomic E-state index is 0.284. The van der Waals surface area contributed by atoms with Crippen molar-refractivity contribution in [1.29, 1.82) is 0 Å². The number of piperazine rings is 1. The van der Waals surface area contributed by atoms with Gasteiger partial charge in [-0.1, -0.05) is 13.8 Å². The first-order valence-electron chi connectivity index (χ1n) is 8.30. The van der Waals surface area contributed by atoms with E-state index in [1.807, 2.05) is 11.7 Å². The molecule has 0 aromatic carbocycles. The maximum atomic E-state index is 4.42. The van der Waals surface area contributed by atoms with Crippen molar-refractivity contribution in [3.05, 3.63) is 12.2 Å². The smallest absolute Gasteiger partial charge is 0.140 e. The molecule has 21 heavy (non-hydrogen) atoms. The summed E-state index contributed by atoms with van der Waals surface area (Å²) in [4.78, 5) is 7.06. The summed E-state index contributed by atoms with van der Waals surface area (Å²) in [6, 6.07) is 0.605. The van der Waals surface area contributed by atoms with Gasteiger partial charge in [0.25, 0.3) is 0 Å². The standard InChI is InChI=1S/C16H29N5/c1-12(2)7-14-8-18-16(3,13-5-6-13)10-21(14)9-15-17-11-19-20(15)4/h11-14,18H,5-10H2,1-4H3. The highest BCUT2D eigenvalue weighted by Gasteiger charge is 2.46. The molecule has 2 heterocycles. The fourth-order valence-electron chi connectivity index (χ4n) is 3.69. The van der Waals surface area contributed by atoms with E-state index in [0.29, 0.717) is 6.04 Å². The van der Waals surface area contributed by atoms with Crippen LogP contribution in [-0.2, 0) is 13.6 Å². The Kier molecular flexibility index (Phi) is 4.06. The zero-order chi connectivity index (χ0) is 15.0. The number of aryl methyl sites for hydroxylation is 1. The molecule has 0 radical (unpaired) electrons. The van der Waals surface area contributed by atoms with Crippen molar-refractivity contribution < 1.29 is 0 Å². The fraction of sp³-hybridized carbons (Fsp3) is 0.875. The van der Waals surface area contributed by atoms with Gasteiger partial charge in [0.15, 0.2) is 0 Å². The van der Waals surface area contributed by atoms with Crippen LogP contribution < -0.4 is 5.32 Å². The first-order valence-corrected chi connectivity index (χ1v) is 8.30. The molecule has 1 N–H and O–H groups in total. The summed E-state index contributed by atoms with van der Waals surface area (Å²) in [5.74, 6) is 2.66. The molecule has 3 rings (SSSR count). The molecule has 0 bridgehead atoms. The van der Waals surface area contributed by atoms with Gasteiger partial charge in [-0.15, -0.1) is 0 Å². The normalized spacial score (nSPS) is 31.0. The van der Waals surface area contributed by atoms with Crippen molar-refractivity contribution in [3.63, 3.8) is 0 Å². The third-order valence-electron chi connectivity index (χ3n) is 5.16. The molecular formula is C16H29N5. The maximum Gasteiger partial charge on any atom is 0.140 e. The molecule has 2 aliphatic rings. The SMILES string of the molecule is CC(C)CC1CNC(C)(C2CC2)CN1Cc1ncnn1C. The fourth-order valence-corrected chi connectivity index (χ4v) is 3.69. The second-order valence-corrected chi connectivity index (χ2v) is 7.56. The van der Waals surface area contributed by atoms with E-state index in [-0.39, 0.29) is 5.54 Å². The van der Waals surface area contributed by atoms with Crippen LogP contribution in [0.3, 0.4) is 0 Å². The summed E-state index contributed by atoms with van der Waals surface area (Å²) in [6.07, 6.45) is 5.67. The Morgan fingerprint density at radius 3 is 2.76 bits per heavy atom. The van der Waals surface area contributed by atoms with E-state index in [4.69, 9.17) is 0 Å². The van der Waals surface area contributed by atoms with Crippen LogP contribution >= 0.6 is 0 Å². The van der Waals surface area contributed by atoms with Gasteiger partial charge in [-0.2, -0.15) is 5.10 Å². The number of hydrogen-bond donors (Lipinski definition) is 1. The lowest BCUT2D eigenvalue weighted by molar-refractivity contribution is 0.0553. The van der Waals surface area contributed by atoms with E-state index >= 15 is 0 Å². The van der Waals surface area contributed by atoms with Crippen LogP contribution in [-0.4, -0.2) is 44.3 Å². The van der Waals surface area contributed by atoms with Crippen molar-refractivity contribution >= 4 is 0 Å². The second-order valence-electron chi connectivity index (χ2n) is 7.56. The Morgan fingerprint density at radius 2 is 2.19 bits per heavy atom. The molecule has 2 unspecified atom stereocenters. The van der Waals surface area contributed by atoms with Gasteiger partial charge in [0.2, 0.25) is 0 Å². The summed E-state index contributed by atoms with van der Waals surface area (Å²) in [6.45, 7) is 10.2. The highest BCUT2D eigenvalue weighted by atomic mass is 15.3. The Morgan fingerprint density at radius 1 is 1.43 bits per heavy atom. The molecule has 0 amide bonds. The zero-order valence-electron chi connectivity index (χ0n) is 13.8. The number of rotatable bonds is 5. The van der Waals surface area contributed by atoms with Crippen LogP contribution in [0.4, 0.5) is 0 Å². The van der Waals surface area contributed by atoms with Crippen molar-refractivity contribution in [2.24, 2.45) is 18.9 Å². The molecule has 5 nitrogen and oxygen atoms in total. The van der Waals surface area contributed by atoms with Gasteiger partial charge in [-0.25, -0.2) is 4.98 Å². The van der Waals surface area contributed by atoms with E-state index in [1.165, 1.54) is 19.3 Å². The lowest BCUT2D eigenvalue weighted by atomic mass is 9.89. The molecule has 5 heteroatoms. The first kappa shape index (κ1) is 15.0. The highest BCUT2D eigenvalue weighted by Crippen LogP contribution is 2.41. The van der Waals surface area contributed by atoms with Crippen LogP contribution in [0, 0.1) is 11.8 Å². The maximum absolute atomic E-state index is 4.42. The van der Waals surface area contributed by atoms with Crippen LogP contribution in [0.15, 0.2) is 6.33 Å². The average molecular weight is 291 g/mol. The monoisotopic (exact) mass is 291 g/mol. The summed E-state index contributed by atoms with van der Waals surface area (Å²) in [5.41, 5.74) is 0.284. The predicted molar refractivity (Wildman–Crippen MR) is 83.8 cm³/mol. The first-order chi connectivity index (χ1) is 9.98. The van der Waals surface area contributed by atoms with Crippen LogP contribution in [0.1, 0.15) is 45.9 Å². The molecule has 118 valence electrons. The summed E-state index contributed by atoms with van der Waals surface area (Å²) in [5, 5.41) is 8.07. The zero-order valence-corrected chi connectivity index (χ0v) is 13.8. The average Bonchev–Trinajstić information content (AvgIpc) is 3.20. The molecule has 1 saturated carbocycles. The van der Waals surface area contributed by atoms with Gasteiger partial charge in [0.1, 0.15) is 12.2 Å². The molecule has 1 saturated heterocycles. The summed E-state index contributed by atoms with van der Waals surface area (Å²) in [7, 11) is 1.99. The topological polar surface area (TPSA) is 46.0 Å². The van der Waals surface area contributed by atoms with Crippen molar-refractivity contribution in [1.82, 2.24) is 25.0 Å². The molecule has 2 atom stereocenters. The van der Waals surface area contributed by atoms with Crippen molar-refractivity contribution in [2.75, 3.05) is 13.1 Å². The Balaban J connectivity index is 1.74. The second kappa shape index (κ2) is 5.69. The van der Waals surface area contributed by atoms with Gasteiger partial charge in [-0.3, -0.25) is 9.58 Å². The van der Waals surface area contributed by atoms with Crippen LogP contribution in [0.25, 0.3) is 0 Å². The van der Waals surface area contributed by atoms with E-state index in [9.17, 15) is 0 Å². The predicted octanol–water partition coefficient (Wildman–Crippen LogP) is 1.80. The van der Waals surface area contributed by atoms with Crippen molar-refractivity contribution in [2.45, 2.75) is 58.2 Å². The number of hydrogen-bond acceptors (Lipinski definition) is 4. The molecule has 1 aromatic rings. The Bertz CT molecular complexity index is 479. The van der Waals surface area contributed by atoms with E-state index in [1.54, 1.807) is 6.33 Å². The molecule has 1 aliphatic heterocycles. The van der Waals surface area contributed by atoms with Gasteiger partial charge in [0, 0.05) is 31.7 Å². The minimum atomic E-state index is 0.284. The summed E-state index contributed by atoms with van der Waals surface area (Å²) < 4.78 is 1.91. The van der Waals surface area contributed by atoms with Gasteiger partial charge >= 0.3 is 0 Å². The third kappa shape index (κ3) is 3.29. The van der Waals surface area contributed by atoms with Crippen molar-refractivity contribution in [3.8, 4) is 0 Å². The quantitative estimate of drug-likeness (QED) is 0.898. The minimum Gasteiger partial charge on any atom is -0.308 e. The number of nitrogens with one attached hydrogen (secondary N) is 1. The summed E-state index contributed by atoms with van der Waals surface area (Å²) >= 11 is 0. The molecule has 1 aromatic heterocycles. The molecular weight excluding hydrogens is 262 g/mol.